The van der Waals surface area contributed by atoms with Gasteiger partial charge in [0.25, 0.3) is 5.91 Å². The van der Waals surface area contributed by atoms with Crippen LogP contribution in [0.4, 0.5) is 5.69 Å². The van der Waals surface area contributed by atoms with Crippen LogP contribution < -0.4 is 10.6 Å². The number of carbonyl (C=O) groups excluding carboxylic acids is 1. The highest BCUT2D eigenvalue weighted by atomic mass is 16.3. The summed E-state index contributed by atoms with van der Waals surface area (Å²) in [4.78, 5) is 14.3. The van der Waals surface area contributed by atoms with Crippen LogP contribution in [0.3, 0.4) is 0 Å². The zero-order valence-corrected chi connectivity index (χ0v) is 10.6. The standard InChI is InChI=1S/C15H16N2O2/c16-10-11-3-5-12(6-4-11)17(13-7-8-13)15(18)14-2-1-9-19-14/h1-6,9,13H,7-8,10,16H2. The molecule has 98 valence electrons. The zero-order chi connectivity index (χ0) is 13.2. The van der Waals surface area contributed by atoms with E-state index in [2.05, 4.69) is 0 Å². The van der Waals surface area contributed by atoms with Crippen LogP contribution in [-0.2, 0) is 6.54 Å². The number of furan rings is 1. The van der Waals surface area contributed by atoms with E-state index in [0.717, 1.165) is 24.1 Å². The normalized spacial score (nSPS) is 14.4. The Labute approximate surface area is 111 Å². The van der Waals surface area contributed by atoms with Crippen LogP contribution in [0.1, 0.15) is 29.0 Å². The van der Waals surface area contributed by atoms with Crippen molar-refractivity contribution in [3.05, 3.63) is 54.0 Å². The van der Waals surface area contributed by atoms with Gasteiger partial charge in [0.15, 0.2) is 5.76 Å². The molecule has 0 aliphatic heterocycles. The molecule has 1 aromatic heterocycles. The number of benzene rings is 1. The minimum atomic E-state index is -0.0759. The second-order valence-corrected chi connectivity index (χ2v) is 4.75. The lowest BCUT2D eigenvalue weighted by atomic mass is 10.2. The minimum absolute atomic E-state index is 0.0759. The van der Waals surface area contributed by atoms with E-state index in [1.165, 1.54) is 6.26 Å². The fourth-order valence-corrected chi connectivity index (χ4v) is 2.14. The lowest BCUT2D eigenvalue weighted by Crippen LogP contribution is -2.32. The summed E-state index contributed by atoms with van der Waals surface area (Å²) >= 11 is 0. The molecule has 19 heavy (non-hydrogen) atoms. The van der Waals surface area contributed by atoms with Crippen LogP contribution in [-0.4, -0.2) is 11.9 Å². The summed E-state index contributed by atoms with van der Waals surface area (Å²) in [6.07, 6.45) is 3.62. The van der Waals surface area contributed by atoms with E-state index in [9.17, 15) is 4.79 Å². The predicted molar refractivity (Wildman–Crippen MR) is 72.9 cm³/mol. The Hall–Kier alpha value is -2.07. The molecule has 1 aliphatic rings. The van der Waals surface area contributed by atoms with Crippen molar-refractivity contribution < 1.29 is 9.21 Å². The first-order chi connectivity index (χ1) is 9.29. The van der Waals surface area contributed by atoms with Gasteiger partial charge in [0.1, 0.15) is 0 Å². The van der Waals surface area contributed by atoms with Crippen molar-refractivity contribution in [2.45, 2.75) is 25.4 Å². The zero-order valence-electron chi connectivity index (χ0n) is 10.6. The summed E-state index contributed by atoms with van der Waals surface area (Å²) in [6.45, 7) is 0.510. The second-order valence-electron chi connectivity index (χ2n) is 4.75. The highest BCUT2D eigenvalue weighted by molar-refractivity contribution is 6.04. The third-order valence-corrected chi connectivity index (χ3v) is 3.31. The molecule has 4 heteroatoms. The van der Waals surface area contributed by atoms with Crippen molar-refractivity contribution in [2.75, 3.05) is 4.90 Å². The van der Waals surface area contributed by atoms with E-state index >= 15 is 0 Å². The summed E-state index contributed by atoms with van der Waals surface area (Å²) in [6, 6.07) is 11.5. The van der Waals surface area contributed by atoms with Crippen LogP contribution >= 0.6 is 0 Å². The molecular weight excluding hydrogens is 240 g/mol. The molecule has 0 atom stereocenters. The molecule has 0 saturated heterocycles. The molecule has 1 aliphatic carbocycles. The number of anilines is 1. The number of hydrogen-bond donors (Lipinski definition) is 1. The SMILES string of the molecule is NCc1ccc(N(C(=O)c2ccco2)C2CC2)cc1. The highest BCUT2D eigenvalue weighted by Gasteiger charge is 2.35. The molecule has 1 amide bonds. The largest absolute Gasteiger partial charge is 0.459 e. The fourth-order valence-electron chi connectivity index (χ4n) is 2.14. The number of carbonyl (C=O) groups is 1. The highest BCUT2D eigenvalue weighted by Crippen LogP contribution is 2.33. The molecule has 3 rings (SSSR count). The van der Waals surface area contributed by atoms with E-state index in [-0.39, 0.29) is 5.91 Å². The van der Waals surface area contributed by atoms with Crippen molar-refractivity contribution in [2.24, 2.45) is 5.73 Å². The van der Waals surface area contributed by atoms with Gasteiger partial charge < -0.3 is 15.1 Å². The predicted octanol–water partition coefficient (Wildman–Crippen LogP) is 2.55. The number of hydrogen-bond acceptors (Lipinski definition) is 3. The Morgan fingerprint density at radius 1 is 1.26 bits per heavy atom. The molecule has 1 aromatic carbocycles. The van der Waals surface area contributed by atoms with Gasteiger partial charge >= 0.3 is 0 Å². The molecule has 0 bridgehead atoms. The maximum absolute atomic E-state index is 12.4. The summed E-state index contributed by atoms with van der Waals surface area (Å²) in [5.41, 5.74) is 7.55. The van der Waals surface area contributed by atoms with Crippen molar-refractivity contribution in [1.29, 1.82) is 0 Å². The molecule has 4 nitrogen and oxygen atoms in total. The monoisotopic (exact) mass is 256 g/mol. The third kappa shape index (κ3) is 2.39. The fraction of sp³-hybridized carbons (Fsp3) is 0.267. The van der Waals surface area contributed by atoms with Crippen LogP contribution in [0, 0.1) is 0 Å². The van der Waals surface area contributed by atoms with E-state index < -0.39 is 0 Å². The van der Waals surface area contributed by atoms with E-state index in [1.807, 2.05) is 29.2 Å². The van der Waals surface area contributed by atoms with Crippen molar-refractivity contribution in [1.82, 2.24) is 0 Å². The average Bonchev–Trinajstić information content (AvgIpc) is 3.12. The molecular formula is C15H16N2O2. The Morgan fingerprint density at radius 3 is 2.53 bits per heavy atom. The first kappa shape index (κ1) is 12.0. The lowest BCUT2D eigenvalue weighted by molar-refractivity contribution is 0.0958. The summed E-state index contributed by atoms with van der Waals surface area (Å²) < 4.78 is 5.21. The maximum atomic E-state index is 12.4. The quantitative estimate of drug-likeness (QED) is 0.914. The van der Waals surface area contributed by atoms with Crippen molar-refractivity contribution in [3.8, 4) is 0 Å². The van der Waals surface area contributed by atoms with Gasteiger partial charge in [-0.25, -0.2) is 0 Å². The number of amides is 1. The number of nitrogens with two attached hydrogens (primary N) is 1. The maximum Gasteiger partial charge on any atom is 0.294 e. The second kappa shape index (κ2) is 4.90. The molecule has 1 fully saturated rings. The van der Waals surface area contributed by atoms with Gasteiger partial charge in [-0.05, 0) is 42.7 Å². The van der Waals surface area contributed by atoms with E-state index in [0.29, 0.717) is 18.3 Å². The van der Waals surface area contributed by atoms with E-state index in [4.69, 9.17) is 10.2 Å². The Kier molecular flexibility index (Phi) is 3.09. The Morgan fingerprint density at radius 2 is 2.00 bits per heavy atom. The lowest BCUT2D eigenvalue weighted by Gasteiger charge is -2.21. The van der Waals surface area contributed by atoms with Gasteiger partial charge in [-0.15, -0.1) is 0 Å². The topological polar surface area (TPSA) is 59.5 Å². The van der Waals surface area contributed by atoms with Crippen molar-refractivity contribution in [3.63, 3.8) is 0 Å². The molecule has 1 heterocycles. The Balaban J connectivity index is 1.90. The van der Waals surface area contributed by atoms with Gasteiger partial charge in [-0.2, -0.15) is 0 Å². The summed E-state index contributed by atoms with van der Waals surface area (Å²) in [5.74, 6) is 0.308. The van der Waals surface area contributed by atoms with Gasteiger partial charge in [0, 0.05) is 18.3 Å². The molecule has 1 saturated carbocycles. The first-order valence-electron chi connectivity index (χ1n) is 6.45. The smallest absolute Gasteiger partial charge is 0.294 e. The molecule has 0 unspecified atom stereocenters. The first-order valence-corrected chi connectivity index (χ1v) is 6.45. The Bertz CT molecular complexity index is 556. The molecule has 0 radical (unpaired) electrons. The van der Waals surface area contributed by atoms with Gasteiger partial charge in [-0.1, -0.05) is 12.1 Å². The van der Waals surface area contributed by atoms with Crippen LogP contribution in [0.15, 0.2) is 47.1 Å². The van der Waals surface area contributed by atoms with Gasteiger partial charge in [0.05, 0.1) is 6.26 Å². The van der Waals surface area contributed by atoms with Crippen LogP contribution in [0.2, 0.25) is 0 Å². The van der Waals surface area contributed by atoms with Gasteiger partial charge in [0.2, 0.25) is 0 Å². The molecule has 0 spiro atoms. The molecule has 2 aromatic rings. The summed E-state index contributed by atoms with van der Waals surface area (Å²) in [5, 5.41) is 0. The minimum Gasteiger partial charge on any atom is -0.459 e. The van der Waals surface area contributed by atoms with Crippen LogP contribution in [0.5, 0.6) is 0 Å². The summed E-state index contributed by atoms with van der Waals surface area (Å²) in [7, 11) is 0. The van der Waals surface area contributed by atoms with Gasteiger partial charge in [-0.3, -0.25) is 4.79 Å². The van der Waals surface area contributed by atoms with Crippen LogP contribution in [0.25, 0.3) is 0 Å². The number of rotatable bonds is 4. The van der Waals surface area contributed by atoms with E-state index in [1.54, 1.807) is 12.1 Å². The molecule has 2 N–H and O–H groups in total. The average molecular weight is 256 g/mol. The number of nitrogens with zero attached hydrogens (tertiary/aromatic N) is 1. The van der Waals surface area contributed by atoms with Crippen molar-refractivity contribution >= 4 is 11.6 Å². The third-order valence-electron chi connectivity index (χ3n) is 3.31.